The summed E-state index contributed by atoms with van der Waals surface area (Å²) in [5.41, 5.74) is 3.22. The van der Waals surface area contributed by atoms with Gasteiger partial charge in [-0.2, -0.15) is 0 Å². The van der Waals surface area contributed by atoms with Crippen LogP contribution in [0.2, 0.25) is 0 Å². The van der Waals surface area contributed by atoms with Crippen LogP contribution in [0, 0.1) is 5.92 Å². The SMILES string of the molecule is CC(CO)CNC(=O)c1ccc(OCc2cscn2)cc1. The molecule has 112 valence electrons. The van der Waals surface area contributed by atoms with Crippen molar-refractivity contribution in [3.63, 3.8) is 0 Å². The van der Waals surface area contributed by atoms with Crippen molar-refractivity contribution < 1.29 is 14.6 Å². The molecule has 2 N–H and O–H groups in total. The number of aromatic nitrogens is 1. The third-order valence-corrected chi connectivity index (χ3v) is 3.54. The van der Waals surface area contributed by atoms with Gasteiger partial charge in [0.1, 0.15) is 12.4 Å². The molecule has 1 unspecified atom stereocenters. The van der Waals surface area contributed by atoms with Crippen LogP contribution in [0.3, 0.4) is 0 Å². The van der Waals surface area contributed by atoms with Crippen molar-refractivity contribution in [2.75, 3.05) is 13.2 Å². The number of ether oxygens (including phenoxy) is 1. The summed E-state index contributed by atoms with van der Waals surface area (Å²) in [5.74, 6) is 0.597. The number of aliphatic hydroxyl groups excluding tert-OH is 1. The lowest BCUT2D eigenvalue weighted by atomic mass is 10.1. The normalized spacial score (nSPS) is 11.9. The van der Waals surface area contributed by atoms with E-state index in [0.717, 1.165) is 5.69 Å². The molecule has 5 nitrogen and oxygen atoms in total. The van der Waals surface area contributed by atoms with E-state index in [4.69, 9.17) is 9.84 Å². The second-order valence-electron chi connectivity index (χ2n) is 4.79. The molecule has 1 heterocycles. The van der Waals surface area contributed by atoms with Crippen molar-refractivity contribution in [1.29, 1.82) is 0 Å². The molecule has 0 saturated carbocycles. The van der Waals surface area contributed by atoms with Crippen LogP contribution in [0.4, 0.5) is 0 Å². The minimum absolute atomic E-state index is 0.0506. The van der Waals surface area contributed by atoms with E-state index in [1.54, 1.807) is 29.8 Å². The van der Waals surface area contributed by atoms with Gasteiger partial charge >= 0.3 is 0 Å². The smallest absolute Gasteiger partial charge is 0.251 e. The minimum atomic E-state index is -0.152. The zero-order valence-electron chi connectivity index (χ0n) is 11.8. The summed E-state index contributed by atoms with van der Waals surface area (Å²) in [5, 5.41) is 13.6. The molecule has 1 aromatic carbocycles. The Kier molecular flexibility index (Phi) is 5.71. The van der Waals surface area contributed by atoms with Crippen molar-refractivity contribution in [1.82, 2.24) is 10.3 Å². The molecular formula is C15H18N2O3S. The molecule has 0 aliphatic heterocycles. The maximum Gasteiger partial charge on any atom is 0.251 e. The van der Waals surface area contributed by atoms with E-state index < -0.39 is 0 Å². The molecule has 6 heteroatoms. The van der Waals surface area contributed by atoms with Crippen LogP contribution >= 0.6 is 11.3 Å². The molecule has 0 aliphatic carbocycles. The van der Waals surface area contributed by atoms with Crippen LogP contribution in [-0.2, 0) is 6.61 Å². The fourth-order valence-electron chi connectivity index (χ4n) is 1.60. The topological polar surface area (TPSA) is 71.5 Å². The summed E-state index contributed by atoms with van der Waals surface area (Å²) in [6.45, 7) is 2.81. The molecule has 0 spiro atoms. The van der Waals surface area contributed by atoms with Gasteiger partial charge in [0, 0.05) is 24.1 Å². The molecule has 0 fully saturated rings. The van der Waals surface area contributed by atoms with Gasteiger partial charge in [0.2, 0.25) is 0 Å². The van der Waals surface area contributed by atoms with Gasteiger partial charge in [-0.3, -0.25) is 4.79 Å². The number of thiazole rings is 1. The zero-order chi connectivity index (χ0) is 15.1. The standard InChI is InChI=1S/C15H18N2O3S/c1-11(7-18)6-16-15(19)12-2-4-14(5-3-12)20-8-13-9-21-10-17-13/h2-5,9-11,18H,6-8H2,1H3,(H,16,19). The third kappa shape index (κ3) is 4.84. The van der Waals surface area contributed by atoms with Crippen LogP contribution in [-0.4, -0.2) is 29.1 Å². The highest BCUT2D eigenvalue weighted by Crippen LogP contribution is 2.14. The molecule has 2 rings (SSSR count). The number of aliphatic hydroxyl groups is 1. The monoisotopic (exact) mass is 306 g/mol. The van der Waals surface area contributed by atoms with Crippen molar-refractivity contribution in [3.8, 4) is 5.75 Å². The Morgan fingerprint density at radius 1 is 1.43 bits per heavy atom. The van der Waals surface area contributed by atoms with Crippen molar-refractivity contribution in [2.45, 2.75) is 13.5 Å². The van der Waals surface area contributed by atoms with Gasteiger partial charge in [-0.25, -0.2) is 4.98 Å². The Hall–Kier alpha value is -1.92. The summed E-state index contributed by atoms with van der Waals surface area (Å²) in [7, 11) is 0. The van der Waals surface area contributed by atoms with E-state index in [9.17, 15) is 4.79 Å². The lowest BCUT2D eigenvalue weighted by Crippen LogP contribution is -2.29. The van der Waals surface area contributed by atoms with E-state index in [1.807, 2.05) is 12.3 Å². The number of hydrogen-bond donors (Lipinski definition) is 2. The number of amides is 1. The second kappa shape index (κ2) is 7.75. The number of hydrogen-bond acceptors (Lipinski definition) is 5. The van der Waals surface area contributed by atoms with E-state index in [0.29, 0.717) is 24.5 Å². The zero-order valence-corrected chi connectivity index (χ0v) is 12.6. The highest BCUT2D eigenvalue weighted by molar-refractivity contribution is 7.07. The van der Waals surface area contributed by atoms with E-state index in [-0.39, 0.29) is 18.4 Å². The maximum atomic E-state index is 11.9. The van der Waals surface area contributed by atoms with E-state index in [2.05, 4.69) is 10.3 Å². The highest BCUT2D eigenvalue weighted by Gasteiger charge is 2.07. The molecule has 1 atom stereocenters. The highest BCUT2D eigenvalue weighted by atomic mass is 32.1. The summed E-state index contributed by atoms with van der Waals surface area (Å²) in [6, 6.07) is 6.96. The number of carbonyl (C=O) groups is 1. The molecule has 0 aliphatic rings. The maximum absolute atomic E-state index is 11.9. The summed E-state index contributed by atoms with van der Waals surface area (Å²) in [6.07, 6.45) is 0. The Balaban J connectivity index is 1.84. The first kappa shape index (κ1) is 15.5. The molecule has 1 aromatic heterocycles. The quantitative estimate of drug-likeness (QED) is 0.821. The van der Waals surface area contributed by atoms with Crippen molar-refractivity contribution in [2.24, 2.45) is 5.92 Å². The first-order valence-corrected chi connectivity index (χ1v) is 7.62. The van der Waals surface area contributed by atoms with Gasteiger partial charge in [0.25, 0.3) is 5.91 Å². The van der Waals surface area contributed by atoms with Crippen LogP contribution < -0.4 is 10.1 Å². The summed E-state index contributed by atoms with van der Waals surface area (Å²) >= 11 is 1.53. The van der Waals surface area contributed by atoms with Gasteiger partial charge in [-0.15, -0.1) is 11.3 Å². The first-order chi connectivity index (χ1) is 10.2. The molecule has 21 heavy (non-hydrogen) atoms. The predicted molar refractivity (Wildman–Crippen MR) is 81.5 cm³/mol. The number of rotatable bonds is 7. The van der Waals surface area contributed by atoms with Crippen molar-refractivity contribution in [3.05, 3.63) is 46.4 Å². The van der Waals surface area contributed by atoms with Gasteiger partial charge in [0.15, 0.2) is 0 Å². The molecule has 0 saturated heterocycles. The van der Waals surface area contributed by atoms with Crippen LogP contribution in [0.1, 0.15) is 23.0 Å². The average molecular weight is 306 g/mol. The second-order valence-corrected chi connectivity index (χ2v) is 5.51. The van der Waals surface area contributed by atoms with E-state index >= 15 is 0 Å². The van der Waals surface area contributed by atoms with Gasteiger partial charge < -0.3 is 15.2 Å². The predicted octanol–water partition coefficient (Wildman–Crippen LogP) is 2.08. The summed E-state index contributed by atoms with van der Waals surface area (Å²) in [4.78, 5) is 16.0. The third-order valence-electron chi connectivity index (χ3n) is 2.91. The Morgan fingerprint density at radius 3 is 2.81 bits per heavy atom. The molecule has 2 aromatic rings. The van der Waals surface area contributed by atoms with Crippen LogP contribution in [0.15, 0.2) is 35.2 Å². The number of carbonyl (C=O) groups excluding carboxylic acids is 1. The number of benzene rings is 1. The Labute approximate surface area is 127 Å². The Morgan fingerprint density at radius 2 is 2.19 bits per heavy atom. The molecule has 0 bridgehead atoms. The van der Waals surface area contributed by atoms with Crippen LogP contribution in [0.5, 0.6) is 5.75 Å². The molecule has 1 amide bonds. The largest absolute Gasteiger partial charge is 0.487 e. The minimum Gasteiger partial charge on any atom is -0.487 e. The lowest BCUT2D eigenvalue weighted by Gasteiger charge is -2.10. The lowest BCUT2D eigenvalue weighted by molar-refractivity contribution is 0.0942. The summed E-state index contributed by atoms with van der Waals surface area (Å²) < 4.78 is 5.58. The molecule has 0 radical (unpaired) electrons. The Bertz CT molecular complexity index is 555. The van der Waals surface area contributed by atoms with Gasteiger partial charge in [0.05, 0.1) is 11.2 Å². The van der Waals surface area contributed by atoms with E-state index in [1.165, 1.54) is 11.3 Å². The average Bonchev–Trinajstić information content (AvgIpc) is 3.04. The van der Waals surface area contributed by atoms with Gasteiger partial charge in [-0.1, -0.05) is 6.92 Å². The first-order valence-electron chi connectivity index (χ1n) is 6.68. The fraction of sp³-hybridized carbons (Fsp3) is 0.333. The van der Waals surface area contributed by atoms with Crippen LogP contribution in [0.25, 0.3) is 0 Å². The number of nitrogens with zero attached hydrogens (tertiary/aromatic N) is 1. The van der Waals surface area contributed by atoms with Crippen molar-refractivity contribution >= 4 is 17.2 Å². The molecular weight excluding hydrogens is 288 g/mol. The fourth-order valence-corrected chi connectivity index (χ4v) is 2.15. The number of nitrogens with one attached hydrogen (secondary N) is 1. The van der Waals surface area contributed by atoms with Gasteiger partial charge in [-0.05, 0) is 30.2 Å².